The van der Waals surface area contributed by atoms with Crippen molar-refractivity contribution in [3.8, 4) is 6.07 Å². The Bertz CT molecular complexity index is 1030. The Morgan fingerprint density at radius 3 is 2.42 bits per heavy atom. The summed E-state index contributed by atoms with van der Waals surface area (Å²) in [5, 5.41) is 9.70. The van der Waals surface area contributed by atoms with Gasteiger partial charge in [0.05, 0.1) is 4.91 Å². The Morgan fingerprint density at radius 1 is 1.23 bits per heavy atom. The fraction of sp³-hybridized carbons (Fsp3) is 0.565. The minimum absolute atomic E-state index is 0.102. The smallest absolute Gasteiger partial charge is 0.270 e. The molecule has 3 heterocycles. The van der Waals surface area contributed by atoms with E-state index in [4.69, 9.17) is 12.2 Å². The Balaban J connectivity index is 2.24. The standard InChI is InChI=1S/C23H30N4O2S2/c1-6-8-27-22(29)19(31-23(27)30)10-17-16(5)18(11-24)21(28)26(7-2)20(17)25-12-14(3)9-15(4)13-25/h10,14-15H,6-9,12-13H2,1-5H3. The molecular formula is C23H30N4O2S2. The summed E-state index contributed by atoms with van der Waals surface area (Å²) in [6.07, 6.45) is 3.82. The van der Waals surface area contributed by atoms with Crippen LogP contribution in [0.2, 0.25) is 0 Å². The Labute approximate surface area is 193 Å². The maximum Gasteiger partial charge on any atom is 0.270 e. The van der Waals surface area contributed by atoms with Crippen LogP contribution in [-0.4, -0.2) is 39.3 Å². The number of pyridine rings is 1. The first-order chi connectivity index (χ1) is 14.7. The molecule has 31 heavy (non-hydrogen) atoms. The molecule has 0 spiro atoms. The van der Waals surface area contributed by atoms with Crippen molar-refractivity contribution in [1.29, 1.82) is 5.26 Å². The van der Waals surface area contributed by atoms with Gasteiger partial charge in [0.25, 0.3) is 11.5 Å². The molecule has 0 saturated carbocycles. The van der Waals surface area contributed by atoms with Gasteiger partial charge in [-0.15, -0.1) is 0 Å². The van der Waals surface area contributed by atoms with E-state index in [1.54, 1.807) is 16.4 Å². The number of piperidine rings is 1. The highest BCUT2D eigenvalue weighted by atomic mass is 32.2. The molecule has 2 saturated heterocycles. The zero-order valence-electron chi connectivity index (χ0n) is 18.9. The number of anilines is 1. The molecule has 0 aromatic carbocycles. The fourth-order valence-corrected chi connectivity index (χ4v) is 5.95. The third-order valence-corrected chi connectivity index (χ3v) is 7.31. The summed E-state index contributed by atoms with van der Waals surface area (Å²) in [5.74, 6) is 1.70. The molecule has 2 atom stereocenters. The molecule has 2 fully saturated rings. The molecule has 1 aromatic rings. The van der Waals surface area contributed by atoms with E-state index in [2.05, 4.69) is 24.8 Å². The van der Waals surface area contributed by atoms with Crippen molar-refractivity contribution in [2.75, 3.05) is 24.5 Å². The Hall–Kier alpha value is -2.11. The number of rotatable bonds is 5. The predicted molar refractivity (Wildman–Crippen MR) is 131 cm³/mol. The van der Waals surface area contributed by atoms with Gasteiger partial charge >= 0.3 is 0 Å². The third kappa shape index (κ3) is 4.44. The number of thioether (sulfide) groups is 1. The van der Waals surface area contributed by atoms with Crippen LogP contribution in [0.5, 0.6) is 0 Å². The predicted octanol–water partition coefficient (Wildman–Crippen LogP) is 4.14. The Morgan fingerprint density at radius 2 is 1.87 bits per heavy atom. The second-order valence-electron chi connectivity index (χ2n) is 8.58. The minimum atomic E-state index is -0.265. The Kier molecular flexibility index (Phi) is 7.28. The van der Waals surface area contributed by atoms with Crippen LogP contribution in [0.25, 0.3) is 6.08 Å². The number of aromatic nitrogens is 1. The number of carbonyl (C=O) groups excluding carboxylic acids is 1. The summed E-state index contributed by atoms with van der Waals surface area (Å²) in [4.78, 5) is 30.5. The van der Waals surface area contributed by atoms with E-state index in [0.29, 0.717) is 39.7 Å². The van der Waals surface area contributed by atoms with Crippen molar-refractivity contribution in [3.63, 3.8) is 0 Å². The van der Waals surface area contributed by atoms with E-state index >= 15 is 0 Å². The van der Waals surface area contributed by atoms with Gasteiger partial charge in [-0.2, -0.15) is 5.26 Å². The number of hydrogen-bond donors (Lipinski definition) is 0. The number of thiocarbonyl (C=S) groups is 1. The van der Waals surface area contributed by atoms with Gasteiger partial charge in [-0.05, 0) is 50.2 Å². The molecule has 166 valence electrons. The summed E-state index contributed by atoms with van der Waals surface area (Å²) >= 11 is 6.72. The monoisotopic (exact) mass is 458 g/mol. The molecule has 1 amide bonds. The van der Waals surface area contributed by atoms with Crippen LogP contribution in [0, 0.1) is 30.1 Å². The van der Waals surface area contributed by atoms with Gasteiger partial charge < -0.3 is 4.90 Å². The SMILES string of the molecule is CCCN1C(=O)C(=Cc2c(C)c(C#N)c(=O)n(CC)c2N2CC(C)CC(C)C2)SC1=S. The van der Waals surface area contributed by atoms with Gasteiger partial charge in [-0.3, -0.25) is 19.1 Å². The molecule has 3 rings (SSSR count). The molecule has 0 radical (unpaired) electrons. The van der Waals surface area contributed by atoms with Gasteiger partial charge in [0.15, 0.2) is 0 Å². The molecule has 2 aliphatic heterocycles. The summed E-state index contributed by atoms with van der Waals surface area (Å²) < 4.78 is 2.25. The number of nitriles is 1. The first-order valence-corrected chi connectivity index (χ1v) is 12.1. The highest BCUT2D eigenvalue weighted by molar-refractivity contribution is 8.26. The summed E-state index contributed by atoms with van der Waals surface area (Å²) in [6, 6.07) is 2.09. The lowest BCUT2D eigenvalue weighted by Gasteiger charge is -2.38. The minimum Gasteiger partial charge on any atom is -0.357 e. The molecule has 8 heteroatoms. The van der Waals surface area contributed by atoms with Crippen LogP contribution < -0.4 is 10.5 Å². The summed E-state index contributed by atoms with van der Waals surface area (Å²) in [6.45, 7) is 12.9. The van der Waals surface area contributed by atoms with E-state index < -0.39 is 0 Å². The zero-order chi connectivity index (χ0) is 22.9. The first-order valence-electron chi connectivity index (χ1n) is 10.9. The van der Waals surface area contributed by atoms with E-state index in [1.807, 2.05) is 19.9 Å². The lowest BCUT2D eigenvalue weighted by Crippen LogP contribution is -2.42. The van der Waals surface area contributed by atoms with Crippen molar-refractivity contribution in [2.45, 2.75) is 54.0 Å². The van der Waals surface area contributed by atoms with Crippen LogP contribution in [0.15, 0.2) is 9.70 Å². The van der Waals surface area contributed by atoms with Crippen LogP contribution in [-0.2, 0) is 11.3 Å². The second-order valence-corrected chi connectivity index (χ2v) is 10.3. The summed E-state index contributed by atoms with van der Waals surface area (Å²) in [5.41, 5.74) is 1.27. The average molecular weight is 459 g/mol. The fourth-order valence-electron chi connectivity index (χ4n) is 4.66. The number of hydrogen-bond acceptors (Lipinski definition) is 6. The molecule has 0 bridgehead atoms. The molecule has 0 aliphatic carbocycles. The number of amides is 1. The van der Waals surface area contributed by atoms with Crippen molar-refractivity contribution >= 4 is 46.1 Å². The largest absolute Gasteiger partial charge is 0.357 e. The molecular weight excluding hydrogens is 428 g/mol. The van der Waals surface area contributed by atoms with Crippen molar-refractivity contribution in [2.24, 2.45) is 11.8 Å². The van der Waals surface area contributed by atoms with Gasteiger partial charge in [-0.1, -0.05) is 44.8 Å². The van der Waals surface area contributed by atoms with E-state index in [-0.39, 0.29) is 17.0 Å². The highest BCUT2D eigenvalue weighted by Crippen LogP contribution is 2.37. The zero-order valence-corrected chi connectivity index (χ0v) is 20.5. The van der Waals surface area contributed by atoms with E-state index in [9.17, 15) is 14.9 Å². The quantitative estimate of drug-likeness (QED) is 0.488. The van der Waals surface area contributed by atoms with Gasteiger partial charge in [0.2, 0.25) is 0 Å². The normalized spacial score (nSPS) is 23.0. The van der Waals surface area contributed by atoms with Gasteiger partial charge in [-0.25, -0.2) is 0 Å². The molecule has 1 aromatic heterocycles. The first kappa shape index (κ1) is 23.6. The average Bonchev–Trinajstić information content (AvgIpc) is 2.97. The number of carbonyl (C=O) groups is 1. The molecule has 2 aliphatic rings. The van der Waals surface area contributed by atoms with Gasteiger partial charge in [0, 0.05) is 31.7 Å². The maximum absolute atomic E-state index is 13.1. The van der Waals surface area contributed by atoms with Crippen molar-refractivity contribution < 1.29 is 4.79 Å². The van der Waals surface area contributed by atoms with E-state index in [0.717, 1.165) is 37.3 Å². The van der Waals surface area contributed by atoms with Crippen molar-refractivity contribution in [1.82, 2.24) is 9.47 Å². The van der Waals surface area contributed by atoms with E-state index in [1.165, 1.54) is 11.8 Å². The van der Waals surface area contributed by atoms with Crippen LogP contribution >= 0.6 is 24.0 Å². The topological polar surface area (TPSA) is 69.3 Å². The lowest BCUT2D eigenvalue weighted by atomic mass is 9.91. The van der Waals surface area contributed by atoms with Crippen LogP contribution in [0.3, 0.4) is 0 Å². The van der Waals surface area contributed by atoms with Crippen molar-refractivity contribution in [3.05, 3.63) is 31.9 Å². The molecule has 2 unspecified atom stereocenters. The summed E-state index contributed by atoms with van der Waals surface area (Å²) in [7, 11) is 0. The second kappa shape index (κ2) is 9.58. The lowest BCUT2D eigenvalue weighted by molar-refractivity contribution is -0.122. The van der Waals surface area contributed by atoms with Gasteiger partial charge in [0.1, 0.15) is 21.8 Å². The van der Waals surface area contributed by atoms with Crippen LogP contribution in [0.4, 0.5) is 5.82 Å². The molecule has 6 nitrogen and oxygen atoms in total. The number of nitrogens with zero attached hydrogens (tertiary/aromatic N) is 4. The maximum atomic E-state index is 13.1. The highest BCUT2D eigenvalue weighted by Gasteiger charge is 2.33. The molecule has 0 N–H and O–H groups in total. The van der Waals surface area contributed by atoms with Crippen LogP contribution in [0.1, 0.15) is 57.2 Å². The third-order valence-electron chi connectivity index (χ3n) is 5.93.